The van der Waals surface area contributed by atoms with Crippen molar-refractivity contribution in [3.63, 3.8) is 0 Å². The van der Waals surface area contributed by atoms with Crippen LogP contribution in [0.25, 0.3) is 10.5 Å². The number of rotatable bonds is 2. The number of Topliss-reactive ketones (excluding diaryl/α,β-unsaturated/α-hetero) is 1. The van der Waals surface area contributed by atoms with E-state index in [0.29, 0.717) is 11.1 Å². The van der Waals surface area contributed by atoms with E-state index in [1.54, 1.807) is 0 Å². The first-order valence-corrected chi connectivity index (χ1v) is 6.64. The van der Waals surface area contributed by atoms with E-state index >= 15 is 0 Å². The summed E-state index contributed by atoms with van der Waals surface area (Å²) in [5, 5.41) is 11.0. The average Bonchev–Trinajstić information content (AvgIpc) is 2.74. The number of thioether (sulfide) groups is 1. The predicted octanol–water partition coefficient (Wildman–Crippen LogP) is 3.97. The van der Waals surface area contributed by atoms with Gasteiger partial charge in [0, 0.05) is 21.6 Å². The van der Waals surface area contributed by atoms with E-state index in [-0.39, 0.29) is 5.78 Å². The molecule has 0 fully saturated rings. The summed E-state index contributed by atoms with van der Waals surface area (Å²) in [6.45, 7) is 0. The SMILES string of the molecule is N#CSC1=C(c2ccccc2)C(=O)c2ccccc21. The lowest BCUT2D eigenvalue weighted by molar-refractivity contribution is 0.105. The molecule has 2 nitrogen and oxygen atoms in total. The topological polar surface area (TPSA) is 40.9 Å². The molecule has 0 saturated carbocycles. The van der Waals surface area contributed by atoms with Gasteiger partial charge in [-0.25, -0.2) is 0 Å². The van der Waals surface area contributed by atoms with Gasteiger partial charge >= 0.3 is 0 Å². The summed E-state index contributed by atoms with van der Waals surface area (Å²) >= 11 is 1.05. The van der Waals surface area contributed by atoms with Crippen molar-refractivity contribution in [3.05, 3.63) is 71.3 Å². The molecule has 0 heterocycles. The highest BCUT2D eigenvalue weighted by atomic mass is 32.2. The molecule has 3 heteroatoms. The number of ketones is 1. The number of hydrogen-bond donors (Lipinski definition) is 0. The molecule has 0 saturated heterocycles. The maximum atomic E-state index is 12.5. The van der Waals surface area contributed by atoms with Gasteiger partial charge in [0.2, 0.25) is 0 Å². The van der Waals surface area contributed by atoms with Crippen LogP contribution < -0.4 is 0 Å². The Morgan fingerprint density at radius 2 is 1.53 bits per heavy atom. The minimum atomic E-state index is -0.000417. The molecule has 0 bridgehead atoms. The number of thiocyanates is 1. The smallest absolute Gasteiger partial charge is 0.195 e. The number of hydrogen-bond acceptors (Lipinski definition) is 3. The number of nitrogens with zero attached hydrogens (tertiary/aromatic N) is 1. The lowest BCUT2D eigenvalue weighted by Gasteiger charge is -2.03. The molecule has 0 radical (unpaired) electrons. The lowest BCUT2D eigenvalue weighted by Crippen LogP contribution is -1.97. The third-order valence-electron chi connectivity index (χ3n) is 3.08. The maximum absolute atomic E-state index is 12.5. The van der Waals surface area contributed by atoms with Crippen molar-refractivity contribution in [1.29, 1.82) is 5.26 Å². The van der Waals surface area contributed by atoms with Crippen LogP contribution in [-0.2, 0) is 0 Å². The molecule has 0 N–H and O–H groups in total. The third kappa shape index (κ3) is 1.87. The molecular formula is C16H9NOS. The Hall–Kier alpha value is -2.31. The molecule has 1 aliphatic rings. The molecule has 2 aromatic carbocycles. The van der Waals surface area contributed by atoms with Gasteiger partial charge in [-0.3, -0.25) is 4.79 Å². The number of nitriles is 1. The number of fused-ring (bicyclic) bond motifs is 1. The highest BCUT2D eigenvalue weighted by molar-refractivity contribution is 8.12. The third-order valence-corrected chi connectivity index (χ3v) is 3.80. The second-order valence-corrected chi connectivity index (χ2v) is 4.93. The van der Waals surface area contributed by atoms with Crippen LogP contribution in [0.3, 0.4) is 0 Å². The van der Waals surface area contributed by atoms with Crippen LogP contribution in [-0.4, -0.2) is 5.78 Å². The Morgan fingerprint density at radius 1 is 0.895 bits per heavy atom. The Bertz CT molecular complexity index is 726. The van der Waals surface area contributed by atoms with Crippen LogP contribution >= 0.6 is 11.8 Å². The first-order chi connectivity index (χ1) is 9.33. The highest BCUT2D eigenvalue weighted by Gasteiger charge is 2.30. The standard InChI is InChI=1S/C16H9NOS/c17-10-19-16-13-9-5-4-8-12(13)15(18)14(16)11-6-2-1-3-7-11/h1-9H. The van der Waals surface area contributed by atoms with E-state index in [9.17, 15) is 4.79 Å². The monoisotopic (exact) mass is 263 g/mol. The Morgan fingerprint density at radius 3 is 2.21 bits per heavy atom. The molecule has 0 amide bonds. The number of benzene rings is 2. The molecule has 1 aliphatic carbocycles. The first kappa shape index (κ1) is 11.8. The number of carbonyl (C=O) groups excluding carboxylic acids is 1. The minimum absolute atomic E-state index is 0.000417. The van der Waals surface area contributed by atoms with Gasteiger partial charge in [0.05, 0.1) is 0 Å². The van der Waals surface area contributed by atoms with Crippen molar-refractivity contribution in [2.75, 3.05) is 0 Å². The summed E-state index contributed by atoms with van der Waals surface area (Å²) in [6.07, 6.45) is 0. The molecule has 0 spiro atoms. The van der Waals surface area contributed by atoms with Crippen LogP contribution in [0.5, 0.6) is 0 Å². The zero-order valence-electron chi connectivity index (χ0n) is 9.96. The quantitative estimate of drug-likeness (QED) is 0.770. The van der Waals surface area contributed by atoms with Gasteiger partial charge in [-0.15, -0.1) is 0 Å². The summed E-state index contributed by atoms with van der Waals surface area (Å²) in [5.41, 5.74) is 3.03. The normalized spacial score (nSPS) is 13.3. The Kier molecular flexibility index (Phi) is 2.94. The lowest BCUT2D eigenvalue weighted by atomic mass is 10.0. The fourth-order valence-corrected chi connectivity index (χ4v) is 2.96. The molecular weight excluding hydrogens is 254 g/mol. The fraction of sp³-hybridized carbons (Fsp3) is 0. The molecule has 3 rings (SSSR count). The van der Waals surface area contributed by atoms with Crippen molar-refractivity contribution < 1.29 is 4.79 Å². The molecule has 19 heavy (non-hydrogen) atoms. The molecule has 0 atom stereocenters. The van der Waals surface area contributed by atoms with Crippen molar-refractivity contribution in [2.45, 2.75) is 0 Å². The first-order valence-electron chi connectivity index (χ1n) is 5.82. The van der Waals surface area contributed by atoms with Gasteiger partial charge < -0.3 is 0 Å². The largest absolute Gasteiger partial charge is 0.289 e. The number of allylic oxidation sites excluding steroid dienone is 1. The molecule has 90 valence electrons. The maximum Gasteiger partial charge on any atom is 0.195 e. The van der Waals surface area contributed by atoms with Gasteiger partial charge in [-0.2, -0.15) is 5.26 Å². The van der Waals surface area contributed by atoms with Gasteiger partial charge in [0.1, 0.15) is 5.40 Å². The van der Waals surface area contributed by atoms with Gasteiger partial charge in [0.25, 0.3) is 0 Å². The molecule has 2 aromatic rings. The summed E-state index contributed by atoms with van der Waals surface area (Å²) < 4.78 is 0. The van der Waals surface area contributed by atoms with Crippen molar-refractivity contribution in [2.24, 2.45) is 0 Å². The second kappa shape index (κ2) is 4.75. The van der Waals surface area contributed by atoms with Crippen molar-refractivity contribution >= 4 is 28.0 Å². The van der Waals surface area contributed by atoms with Crippen LogP contribution in [0.2, 0.25) is 0 Å². The van der Waals surface area contributed by atoms with Gasteiger partial charge in [-0.05, 0) is 17.3 Å². The van der Waals surface area contributed by atoms with Gasteiger partial charge in [-0.1, -0.05) is 54.6 Å². The summed E-state index contributed by atoms with van der Waals surface area (Å²) in [7, 11) is 0. The fourth-order valence-electron chi connectivity index (χ4n) is 2.27. The summed E-state index contributed by atoms with van der Waals surface area (Å²) in [6, 6.07) is 16.9. The van der Waals surface area contributed by atoms with Crippen LogP contribution in [0.4, 0.5) is 0 Å². The van der Waals surface area contributed by atoms with Crippen LogP contribution in [0.1, 0.15) is 21.5 Å². The van der Waals surface area contributed by atoms with E-state index in [4.69, 9.17) is 5.26 Å². The van der Waals surface area contributed by atoms with E-state index in [1.807, 2.05) is 54.6 Å². The number of carbonyl (C=O) groups is 1. The van der Waals surface area contributed by atoms with E-state index in [0.717, 1.165) is 27.8 Å². The zero-order valence-corrected chi connectivity index (χ0v) is 10.8. The average molecular weight is 263 g/mol. The van der Waals surface area contributed by atoms with Crippen LogP contribution in [0.15, 0.2) is 54.6 Å². The van der Waals surface area contributed by atoms with Gasteiger partial charge in [0.15, 0.2) is 5.78 Å². The summed E-state index contributed by atoms with van der Waals surface area (Å²) in [5.74, 6) is -0.000417. The highest BCUT2D eigenvalue weighted by Crippen LogP contribution is 2.43. The Labute approximate surface area is 115 Å². The van der Waals surface area contributed by atoms with E-state index in [2.05, 4.69) is 5.40 Å². The van der Waals surface area contributed by atoms with Crippen LogP contribution in [0, 0.1) is 10.7 Å². The minimum Gasteiger partial charge on any atom is -0.289 e. The summed E-state index contributed by atoms with van der Waals surface area (Å²) in [4.78, 5) is 13.3. The van der Waals surface area contributed by atoms with Crippen molar-refractivity contribution in [3.8, 4) is 5.40 Å². The Balaban J connectivity index is 2.25. The molecule has 0 unspecified atom stereocenters. The van der Waals surface area contributed by atoms with E-state index in [1.165, 1.54) is 0 Å². The zero-order chi connectivity index (χ0) is 13.2. The molecule has 0 aromatic heterocycles. The predicted molar refractivity (Wildman–Crippen MR) is 77.2 cm³/mol. The second-order valence-electron chi connectivity index (χ2n) is 4.14. The van der Waals surface area contributed by atoms with E-state index < -0.39 is 0 Å². The molecule has 0 aliphatic heterocycles. The van der Waals surface area contributed by atoms with Crippen molar-refractivity contribution in [1.82, 2.24) is 0 Å².